The number of anilines is 1. The van der Waals surface area contributed by atoms with Gasteiger partial charge in [-0.25, -0.2) is 9.79 Å². The monoisotopic (exact) mass is 489 g/mol. The second-order valence-corrected chi connectivity index (χ2v) is 9.23. The van der Waals surface area contributed by atoms with Crippen molar-refractivity contribution < 1.29 is 9.53 Å². The Morgan fingerprint density at radius 3 is 2.56 bits per heavy atom. The van der Waals surface area contributed by atoms with Gasteiger partial charge in [-0.15, -0.1) is 6.58 Å². The van der Waals surface area contributed by atoms with Crippen molar-refractivity contribution in [3.8, 4) is 0 Å². The molecule has 2 aromatic rings. The van der Waals surface area contributed by atoms with E-state index in [9.17, 15) is 9.59 Å². The predicted molar refractivity (Wildman–Crippen MR) is 144 cm³/mol. The van der Waals surface area contributed by atoms with E-state index in [2.05, 4.69) is 45.6 Å². The van der Waals surface area contributed by atoms with Crippen LogP contribution in [0.5, 0.6) is 0 Å². The van der Waals surface area contributed by atoms with Crippen molar-refractivity contribution in [3.63, 3.8) is 0 Å². The molecule has 1 saturated heterocycles. The first-order valence-electron chi connectivity index (χ1n) is 12.6. The van der Waals surface area contributed by atoms with Gasteiger partial charge in [0.2, 0.25) is 0 Å². The van der Waals surface area contributed by atoms with Gasteiger partial charge >= 0.3 is 11.7 Å². The van der Waals surface area contributed by atoms with E-state index in [1.165, 1.54) is 10.1 Å². The highest BCUT2D eigenvalue weighted by Gasteiger charge is 2.39. The minimum atomic E-state index is -0.503. The van der Waals surface area contributed by atoms with Crippen LogP contribution >= 0.6 is 0 Å². The molecule has 1 aromatic heterocycles. The number of allylic oxidation sites excluding steroid dienone is 1. The van der Waals surface area contributed by atoms with Gasteiger partial charge in [0.25, 0.3) is 0 Å². The summed E-state index contributed by atoms with van der Waals surface area (Å²) >= 11 is 0. The summed E-state index contributed by atoms with van der Waals surface area (Å²) < 4.78 is 6.90. The smallest absolute Gasteiger partial charge is 0.351 e. The normalized spacial score (nSPS) is 20.2. The van der Waals surface area contributed by atoms with Crippen LogP contribution in [0.4, 0.5) is 11.6 Å². The first kappa shape index (κ1) is 25.6. The molecule has 0 saturated carbocycles. The fraction of sp³-hybridized carbons (Fsp3) is 0.429. The molecule has 0 spiro atoms. The summed E-state index contributed by atoms with van der Waals surface area (Å²) in [6.45, 7) is 14.1. The average Bonchev–Trinajstić information content (AvgIpc) is 2.87. The number of benzene rings is 1. The summed E-state index contributed by atoms with van der Waals surface area (Å²) in [6.07, 6.45) is 5.99. The Balaban J connectivity index is 1.58. The highest BCUT2D eigenvalue weighted by molar-refractivity contribution is 6.04. The Hall–Kier alpha value is -3.52. The summed E-state index contributed by atoms with van der Waals surface area (Å²) in [6, 6.07) is 10.3. The van der Waals surface area contributed by atoms with E-state index in [1.807, 2.05) is 32.0 Å². The first-order valence-corrected chi connectivity index (χ1v) is 12.6. The fourth-order valence-electron chi connectivity index (χ4n) is 5.03. The van der Waals surface area contributed by atoms with E-state index in [0.29, 0.717) is 30.5 Å². The van der Waals surface area contributed by atoms with Crippen molar-refractivity contribution in [2.24, 2.45) is 10.9 Å². The number of fused-ring (bicyclic) bond motifs is 1. The van der Waals surface area contributed by atoms with Crippen LogP contribution in [0, 0.1) is 5.92 Å². The van der Waals surface area contributed by atoms with E-state index in [1.54, 1.807) is 13.0 Å². The summed E-state index contributed by atoms with van der Waals surface area (Å²) in [7, 11) is 0. The van der Waals surface area contributed by atoms with Gasteiger partial charge in [-0.05, 0) is 19.4 Å². The lowest BCUT2D eigenvalue weighted by Crippen LogP contribution is -2.48. The molecular weight excluding hydrogens is 454 g/mol. The number of aromatic nitrogens is 2. The number of aliphatic imine (C=N–C) groups is 1. The van der Waals surface area contributed by atoms with Crippen LogP contribution in [0.15, 0.2) is 58.8 Å². The topological polar surface area (TPSA) is 80.0 Å². The maximum absolute atomic E-state index is 13.0. The zero-order valence-electron chi connectivity index (χ0n) is 21.4. The maximum atomic E-state index is 13.0. The van der Waals surface area contributed by atoms with Crippen LogP contribution in [-0.2, 0) is 16.1 Å². The highest BCUT2D eigenvalue weighted by atomic mass is 16.5. The third kappa shape index (κ3) is 5.33. The maximum Gasteiger partial charge on any atom is 0.351 e. The van der Waals surface area contributed by atoms with Crippen molar-refractivity contribution >= 4 is 29.4 Å². The molecule has 1 aromatic carbocycles. The highest BCUT2D eigenvalue weighted by Crippen LogP contribution is 2.42. The third-order valence-electron chi connectivity index (χ3n) is 6.86. The van der Waals surface area contributed by atoms with Gasteiger partial charge in [0.15, 0.2) is 0 Å². The molecule has 2 unspecified atom stereocenters. The van der Waals surface area contributed by atoms with E-state index >= 15 is 0 Å². The molecule has 36 heavy (non-hydrogen) atoms. The van der Waals surface area contributed by atoms with Crippen molar-refractivity contribution in [3.05, 3.63) is 70.7 Å². The van der Waals surface area contributed by atoms with Crippen LogP contribution in [0.2, 0.25) is 0 Å². The quantitative estimate of drug-likeness (QED) is 0.416. The third-order valence-corrected chi connectivity index (χ3v) is 6.86. The largest absolute Gasteiger partial charge is 0.465 e. The van der Waals surface area contributed by atoms with Crippen LogP contribution in [-0.4, -0.2) is 65.5 Å². The lowest BCUT2D eigenvalue weighted by Gasteiger charge is -2.38. The summed E-state index contributed by atoms with van der Waals surface area (Å²) in [5.41, 5.74) is 2.32. The zero-order valence-corrected chi connectivity index (χ0v) is 21.4. The number of ether oxygens (including phenoxy) is 1. The standard InChI is InChI=1S/C28H35N5O3/c1-5-14-33-26-24(20(3)23(21(4)29-26)27(34)36-6-2)25(30-28(33)35)32-18-16-31(17-19-32)15-10-13-22-11-8-7-9-12-22/h5,7-13,20,23H,1,6,14-19H2,2-4H3. The SMILES string of the molecule is C=CCn1c2c(c(N3CCN(CC=Cc4ccccc4)CC3)nc1=O)C(C)C(C(=O)OCC)C(C)=N2. The second-order valence-electron chi connectivity index (χ2n) is 9.23. The number of nitrogens with zero attached hydrogens (tertiary/aromatic N) is 5. The molecule has 2 aliphatic rings. The molecule has 8 heteroatoms. The first-order chi connectivity index (χ1) is 17.4. The minimum Gasteiger partial charge on any atom is -0.465 e. The number of esters is 1. The molecule has 0 amide bonds. The molecule has 3 heterocycles. The Bertz CT molecular complexity index is 1210. The number of rotatable bonds is 8. The van der Waals surface area contributed by atoms with Gasteiger partial charge in [0.1, 0.15) is 17.6 Å². The number of carbonyl (C=O) groups excluding carboxylic acids is 1. The predicted octanol–water partition coefficient (Wildman–Crippen LogP) is 3.65. The molecule has 0 bridgehead atoms. The number of piperazine rings is 1. The van der Waals surface area contributed by atoms with Crippen LogP contribution in [0.1, 0.15) is 37.8 Å². The molecule has 190 valence electrons. The number of hydrogen-bond donors (Lipinski definition) is 0. The van der Waals surface area contributed by atoms with Crippen molar-refractivity contribution in [1.82, 2.24) is 14.5 Å². The Morgan fingerprint density at radius 2 is 1.89 bits per heavy atom. The van der Waals surface area contributed by atoms with E-state index in [0.717, 1.165) is 38.3 Å². The van der Waals surface area contributed by atoms with Crippen LogP contribution in [0.25, 0.3) is 6.08 Å². The molecule has 2 atom stereocenters. The second kappa shape index (κ2) is 11.5. The van der Waals surface area contributed by atoms with Gasteiger partial charge in [0, 0.05) is 56.5 Å². The van der Waals surface area contributed by atoms with Gasteiger partial charge in [-0.1, -0.05) is 55.5 Å². The molecule has 0 N–H and O–H groups in total. The van der Waals surface area contributed by atoms with Crippen LogP contribution < -0.4 is 10.6 Å². The lowest BCUT2D eigenvalue weighted by molar-refractivity contribution is -0.146. The molecule has 0 radical (unpaired) electrons. The lowest BCUT2D eigenvalue weighted by atomic mass is 9.82. The number of hydrogen-bond acceptors (Lipinski definition) is 7. The molecule has 0 aliphatic carbocycles. The van der Waals surface area contributed by atoms with Gasteiger partial charge in [-0.3, -0.25) is 14.3 Å². The molecule has 8 nitrogen and oxygen atoms in total. The van der Waals surface area contributed by atoms with Crippen molar-refractivity contribution in [2.75, 3.05) is 44.2 Å². The van der Waals surface area contributed by atoms with Crippen LogP contribution in [0.3, 0.4) is 0 Å². The zero-order chi connectivity index (χ0) is 25.7. The molecule has 4 rings (SSSR count). The Morgan fingerprint density at radius 1 is 1.17 bits per heavy atom. The molecule has 2 aliphatic heterocycles. The summed E-state index contributed by atoms with van der Waals surface area (Å²) in [4.78, 5) is 39.6. The Kier molecular flexibility index (Phi) is 8.15. The Labute approximate surface area is 212 Å². The summed E-state index contributed by atoms with van der Waals surface area (Å²) in [5.74, 6) is 0.190. The van der Waals surface area contributed by atoms with Crippen molar-refractivity contribution in [1.29, 1.82) is 0 Å². The van der Waals surface area contributed by atoms with Gasteiger partial charge < -0.3 is 9.64 Å². The average molecular weight is 490 g/mol. The van der Waals surface area contributed by atoms with E-state index in [4.69, 9.17) is 9.73 Å². The molecule has 1 fully saturated rings. The number of carbonyl (C=O) groups is 1. The van der Waals surface area contributed by atoms with Gasteiger partial charge in [0.05, 0.1) is 6.61 Å². The summed E-state index contributed by atoms with van der Waals surface area (Å²) in [5, 5.41) is 0. The molecular formula is C28H35N5O3. The van der Waals surface area contributed by atoms with E-state index in [-0.39, 0.29) is 17.6 Å². The van der Waals surface area contributed by atoms with Crippen molar-refractivity contribution in [2.45, 2.75) is 33.2 Å². The minimum absolute atomic E-state index is 0.220. The van der Waals surface area contributed by atoms with Gasteiger partial charge in [-0.2, -0.15) is 4.98 Å². The van der Waals surface area contributed by atoms with E-state index < -0.39 is 5.92 Å². The fourth-order valence-corrected chi connectivity index (χ4v) is 5.03.